The second kappa shape index (κ2) is 4.92. The first-order valence-corrected chi connectivity index (χ1v) is 11.9. The number of hydrogen-bond donors (Lipinski definition) is 1. The Bertz CT molecular complexity index is 757. The summed E-state index contributed by atoms with van der Waals surface area (Å²) in [7, 11) is -1.63. The number of fused-ring (bicyclic) bond motifs is 3. The monoisotopic (exact) mass is 325 g/mol. The van der Waals surface area contributed by atoms with Crippen LogP contribution in [0.15, 0.2) is 46.7 Å². The number of anilines is 1. The van der Waals surface area contributed by atoms with Gasteiger partial charge in [-0.25, -0.2) is 0 Å². The molecule has 1 N–H and O–H groups in total. The lowest BCUT2D eigenvalue weighted by Crippen LogP contribution is -2.48. The van der Waals surface area contributed by atoms with Crippen molar-refractivity contribution in [1.82, 2.24) is 0 Å². The van der Waals surface area contributed by atoms with Gasteiger partial charge in [-0.05, 0) is 29.2 Å². The van der Waals surface area contributed by atoms with Crippen LogP contribution in [-0.4, -0.2) is 31.7 Å². The van der Waals surface area contributed by atoms with Crippen molar-refractivity contribution in [2.45, 2.75) is 44.4 Å². The Labute approximate surface area is 138 Å². The number of benzene rings is 1. The zero-order valence-corrected chi connectivity index (χ0v) is 15.0. The molecule has 0 spiro atoms. The maximum Gasteiger partial charge on any atom is 0.227 e. The normalized spacial score (nSPS) is 26.2. The number of rotatable bonds is 2. The zero-order valence-electron chi connectivity index (χ0n) is 14.0. The van der Waals surface area contributed by atoms with Gasteiger partial charge in [0.2, 0.25) is 5.91 Å². The maximum absolute atomic E-state index is 12.6. The fraction of sp³-hybridized carbons (Fsp3) is 0.421. The average Bonchev–Trinajstić information content (AvgIpc) is 2.86. The lowest BCUT2D eigenvalue weighted by atomic mass is 9.80. The van der Waals surface area contributed by atoms with Gasteiger partial charge in [-0.2, -0.15) is 0 Å². The van der Waals surface area contributed by atoms with Gasteiger partial charge in [0.1, 0.15) is 0 Å². The Kier molecular flexibility index (Phi) is 3.19. The van der Waals surface area contributed by atoms with E-state index < -0.39 is 8.07 Å². The minimum atomic E-state index is -1.63. The predicted molar refractivity (Wildman–Crippen MR) is 95.2 cm³/mol. The van der Waals surface area contributed by atoms with Crippen LogP contribution < -0.4 is 4.90 Å². The highest BCUT2D eigenvalue weighted by Gasteiger charge is 2.50. The Morgan fingerprint density at radius 1 is 1.22 bits per heavy atom. The third kappa shape index (κ3) is 2.01. The van der Waals surface area contributed by atoms with Gasteiger partial charge in [-0.3, -0.25) is 4.79 Å². The third-order valence-electron chi connectivity index (χ3n) is 5.40. The first-order chi connectivity index (χ1) is 10.9. The van der Waals surface area contributed by atoms with Gasteiger partial charge >= 0.3 is 0 Å². The van der Waals surface area contributed by atoms with E-state index in [2.05, 4.69) is 43.9 Å². The Hall–Kier alpha value is -1.65. The van der Waals surface area contributed by atoms with E-state index in [4.69, 9.17) is 0 Å². The van der Waals surface area contributed by atoms with Crippen molar-refractivity contribution >= 4 is 19.7 Å². The molecule has 4 heteroatoms. The van der Waals surface area contributed by atoms with Crippen molar-refractivity contribution in [2.75, 3.05) is 11.5 Å². The summed E-state index contributed by atoms with van der Waals surface area (Å²) in [5.74, 6) is 0.480. The molecule has 1 fully saturated rings. The third-order valence-corrected chi connectivity index (χ3v) is 7.64. The van der Waals surface area contributed by atoms with Crippen molar-refractivity contribution < 1.29 is 9.90 Å². The molecule has 0 unspecified atom stereocenters. The summed E-state index contributed by atoms with van der Waals surface area (Å²) in [4.78, 5) is 14.7. The molecule has 3 aliphatic rings. The molecule has 2 heterocycles. The number of carbonyl (C=O) groups is 1. The van der Waals surface area contributed by atoms with E-state index in [0.29, 0.717) is 6.42 Å². The minimum absolute atomic E-state index is 0.0996. The summed E-state index contributed by atoms with van der Waals surface area (Å²) in [6, 6.07) is 8.48. The van der Waals surface area contributed by atoms with Crippen LogP contribution in [0.4, 0.5) is 5.69 Å². The fourth-order valence-corrected chi connectivity index (χ4v) is 7.04. The highest BCUT2D eigenvalue weighted by Crippen LogP contribution is 2.54. The van der Waals surface area contributed by atoms with Gasteiger partial charge in [0, 0.05) is 18.0 Å². The lowest BCUT2D eigenvalue weighted by molar-refractivity contribution is -0.119. The first kappa shape index (κ1) is 14.9. The van der Waals surface area contributed by atoms with E-state index >= 15 is 0 Å². The number of piperidine rings is 1. The molecule has 0 radical (unpaired) electrons. The summed E-state index contributed by atoms with van der Waals surface area (Å²) >= 11 is 0. The van der Waals surface area contributed by atoms with Crippen LogP contribution >= 0.6 is 0 Å². The van der Waals surface area contributed by atoms with Gasteiger partial charge in [-0.1, -0.05) is 49.1 Å². The van der Waals surface area contributed by atoms with E-state index in [1.807, 2.05) is 11.0 Å². The van der Waals surface area contributed by atoms with Crippen LogP contribution in [0.25, 0.3) is 0 Å². The summed E-state index contributed by atoms with van der Waals surface area (Å²) in [5, 5.41) is 11.4. The Morgan fingerprint density at radius 3 is 2.65 bits per heavy atom. The standard InChI is InChI=1S/C19H23NO2Si/c1-23(2,3)19-13(11-21)10-12-8-9-16(22)20-15-7-5-4-6-14(15)17(19)18(12)20/h4-7,10,17-18,21H,8-9,11H2,1-3H3/t17-,18-/m0/s1. The fourth-order valence-electron chi connectivity index (χ4n) is 4.68. The summed E-state index contributed by atoms with van der Waals surface area (Å²) in [6.45, 7) is 7.12. The second-order valence-corrected chi connectivity index (χ2v) is 12.9. The number of nitrogens with zero attached hydrogens (tertiary/aromatic N) is 1. The molecule has 0 bridgehead atoms. The van der Waals surface area contributed by atoms with Crippen LogP contribution in [0.2, 0.25) is 19.6 Å². The van der Waals surface area contributed by atoms with Gasteiger partial charge in [0.25, 0.3) is 0 Å². The SMILES string of the molecule is C[Si](C)(C)C1=C(CO)C=C2CCC(=O)N3c4ccccc4[C@H]1[C@H]23. The highest BCUT2D eigenvalue weighted by atomic mass is 28.3. The number of amides is 1. The van der Waals surface area contributed by atoms with Crippen molar-refractivity contribution in [3.05, 3.63) is 52.2 Å². The summed E-state index contributed by atoms with van der Waals surface area (Å²) in [6.07, 6.45) is 3.59. The number of hydrogen-bond acceptors (Lipinski definition) is 2. The van der Waals surface area contributed by atoms with Crippen LogP contribution in [-0.2, 0) is 4.79 Å². The maximum atomic E-state index is 12.6. The van der Waals surface area contributed by atoms with Crippen LogP contribution in [0, 0.1) is 0 Å². The predicted octanol–water partition coefficient (Wildman–Crippen LogP) is 3.39. The first-order valence-electron chi connectivity index (χ1n) is 8.39. The zero-order chi connectivity index (χ0) is 16.4. The van der Waals surface area contributed by atoms with E-state index in [9.17, 15) is 9.90 Å². The molecule has 4 rings (SSSR count). The molecule has 1 aromatic carbocycles. The molecule has 0 saturated carbocycles. The number of carbonyl (C=O) groups excluding carboxylic acids is 1. The van der Waals surface area contributed by atoms with Gasteiger partial charge < -0.3 is 10.0 Å². The van der Waals surface area contributed by atoms with Crippen molar-refractivity contribution in [2.24, 2.45) is 0 Å². The average molecular weight is 325 g/mol. The van der Waals surface area contributed by atoms with Gasteiger partial charge in [0.05, 0.1) is 20.7 Å². The molecule has 2 aliphatic heterocycles. The lowest BCUT2D eigenvalue weighted by Gasteiger charge is -2.42. The summed E-state index contributed by atoms with van der Waals surface area (Å²) < 4.78 is 0. The number of aliphatic hydroxyl groups excluding tert-OH is 1. The number of aliphatic hydroxyl groups is 1. The molecule has 120 valence electrons. The highest BCUT2D eigenvalue weighted by molar-refractivity contribution is 6.83. The molecular formula is C19H23NO2Si. The summed E-state index contributed by atoms with van der Waals surface area (Å²) in [5.41, 5.74) is 4.76. The van der Waals surface area contributed by atoms with Crippen molar-refractivity contribution in [3.63, 3.8) is 0 Å². The molecule has 3 nitrogen and oxygen atoms in total. The van der Waals surface area contributed by atoms with E-state index in [1.165, 1.54) is 16.3 Å². The van der Waals surface area contributed by atoms with Gasteiger partial charge in [-0.15, -0.1) is 0 Å². The molecule has 1 aromatic rings. The largest absolute Gasteiger partial charge is 0.392 e. The molecule has 1 amide bonds. The molecule has 2 atom stereocenters. The van der Waals surface area contributed by atoms with Gasteiger partial charge in [0.15, 0.2) is 0 Å². The molecule has 1 aliphatic carbocycles. The quantitative estimate of drug-likeness (QED) is 0.847. The van der Waals surface area contributed by atoms with E-state index in [0.717, 1.165) is 17.7 Å². The molecule has 1 saturated heterocycles. The van der Waals surface area contributed by atoms with Crippen LogP contribution in [0.5, 0.6) is 0 Å². The van der Waals surface area contributed by atoms with E-state index in [-0.39, 0.29) is 24.5 Å². The molecule has 23 heavy (non-hydrogen) atoms. The second-order valence-electron chi connectivity index (χ2n) is 7.81. The van der Waals surface area contributed by atoms with E-state index in [1.54, 1.807) is 0 Å². The Balaban J connectivity index is 2.01. The van der Waals surface area contributed by atoms with Crippen molar-refractivity contribution in [1.29, 1.82) is 0 Å². The minimum Gasteiger partial charge on any atom is -0.392 e. The molecular weight excluding hydrogens is 302 g/mol. The van der Waals surface area contributed by atoms with Crippen molar-refractivity contribution in [3.8, 4) is 0 Å². The topological polar surface area (TPSA) is 40.5 Å². The Morgan fingerprint density at radius 2 is 1.96 bits per heavy atom. The number of para-hydroxylation sites is 1. The van der Waals surface area contributed by atoms with Crippen LogP contribution in [0.1, 0.15) is 24.3 Å². The van der Waals surface area contributed by atoms with Crippen LogP contribution in [0.3, 0.4) is 0 Å². The smallest absolute Gasteiger partial charge is 0.227 e. The molecule has 0 aromatic heterocycles.